The molecule has 1 aliphatic carbocycles. The third-order valence-corrected chi connectivity index (χ3v) is 7.16. The maximum atomic E-state index is 13.5. The Bertz CT molecular complexity index is 957. The summed E-state index contributed by atoms with van der Waals surface area (Å²) in [6.45, 7) is 2.21. The first-order chi connectivity index (χ1) is 14.6. The second kappa shape index (κ2) is 9.62. The number of thiophene rings is 2. The van der Waals surface area contributed by atoms with Gasteiger partial charge in [0, 0.05) is 10.9 Å². The molecule has 30 heavy (non-hydrogen) atoms. The van der Waals surface area contributed by atoms with E-state index in [0.29, 0.717) is 17.2 Å². The highest BCUT2D eigenvalue weighted by atomic mass is 32.1. The fourth-order valence-corrected chi connectivity index (χ4v) is 5.33. The van der Waals surface area contributed by atoms with Crippen LogP contribution < -0.4 is 5.32 Å². The molecular formula is C23H26N2O3S2. The van der Waals surface area contributed by atoms with Crippen LogP contribution in [0.15, 0.2) is 51.6 Å². The highest BCUT2D eigenvalue weighted by Crippen LogP contribution is 2.30. The molecule has 4 rings (SSSR count). The van der Waals surface area contributed by atoms with E-state index in [1.807, 2.05) is 48.0 Å². The van der Waals surface area contributed by atoms with Gasteiger partial charge in [-0.25, -0.2) is 0 Å². The number of hydrogen-bond donors (Lipinski definition) is 1. The number of amides is 2. The lowest BCUT2D eigenvalue weighted by atomic mass is 9.95. The van der Waals surface area contributed by atoms with Gasteiger partial charge in [0.15, 0.2) is 6.04 Å². The summed E-state index contributed by atoms with van der Waals surface area (Å²) in [7, 11) is 0. The molecule has 3 heterocycles. The maximum Gasteiger partial charge on any atom is 0.265 e. The smallest absolute Gasteiger partial charge is 0.265 e. The van der Waals surface area contributed by atoms with Crippen LogP contribution in [0.2, 0.25) is 0 Å². The van der Waals surface area contributed by atoms with Crippen molar-refractivity contribution in [1.82, 2.24) is 10.2 Å². The second-order valence-electron chi connectivity index (χ2n) is 7.68. The average molecular weight is 443 g/mol. The third-order valence-electron chi connectivity index (χ3n) is 5.44. The van der Waals surface area contributed by atoms with Crippen molar-refractivity contribution < 1.29 is 14.0 Å². The molecule has 2 amide bonds. The Labute approximate surface area is 184 Å². The van der Waals surface area contributed by atoms with E-state index in [1.54, 1.807) is 22.3 Å². The molecule has 1 unspecified atom stereocenters. The number of hydrogen-bond acceptors (Lipinski definition) is 5. The van der Waals surface area contributed by atoms with Crippen LogP contribution in [-0.2, 0) is 11.3 Å². The lowest BCUT2D eigenvalue weighted by Gasteiger charge is -2.31. The van der Waals surface area contributed by atoms with Gasteiger partial charge in [0.05, 0.1) is 11.4 Å². The molecule has 0 bridgehead atoms. The van der Waals surface area contributed by atoms with Crippen molar-refractivity contribution in [3.8, 4) is 0 Å². The molecule has 1 saturated carbocycles. The van der Waals surface area contributed by atoms with Gasteiger partial charge in [0.2, 0.25) is 0 Å². The highest BCUT2D eigenvalue weighted by molar-refractivity contribution is 7.12. The molecule has 7 heteroatoms. The van der Waals surface area contributed by atoms with Crippen LogP contribution >= 0.6 is 22.7 Å². The van der Waals surface area contributed by atoms with Crippen molar-refractivity contribution in [3.05, 3.63) is 68.4 Å². The first-order valence-corrected chi connectivity index (χ1v) is 12.1. The quantitative estimate of drug-likeness (QED) is 0.522. The van der Waals surface area contributed by atoms with Crippen LogP contribution in [0.1, 0.15) is 64.2 Å². The van der Waals surface area contributed by atoms with Crippen molar-refractivity contribution in [3.63, 3.8) is 0 Å². The summed E-state index contributed by atoms with van der Waals surface area (Å²) in [6.07, 6.45) is 5.44. The third kappa shape index (κ3) is 4.84. The van der Waals surface area contributed by atoms with Crippen LogP contribution in [0.5, 0.6) is 0 Å². The molecule has 1 aliphatic rings. The van der Waals surface area contributed by atoms with Gasteiger partial charge in [0.1, 0.15) is 11.5 Å². The standard InChI is InChI=1S/C23H26N2O3S2/c1-16-11-12-19(28-16)21(22(26)24-17-7-3-2-4-8-17)25(15-18-9-5-13-29-18)23(27)20-10-6-14-30-20/h5-6,9-14,17,21H,2-4,7-8,15H2,1H3,(H,24,26). The summed E-state index contributed by atoms with van der Waals surface area (Å²) in [5, 5.41) is 7.06. The van der Waals surface area contributed by atoms with E-state index in [9.17, 15) is 9.59 Å². The number of rotatable bonds is 7. The first-order valence-electron chi connectivity index (χ1n) is 10.4. The zero-order valence-electron chi connectivity index (χ0n) is 17.0. The number of carbonyl (C=O) groups is 2. The highest BCUT2D eigenvalue weighted by Gasteiger charge is 2.36. The maximum absolute atomic E-state index is 13.5. The van der Waals surface area contributed by atoms with Crippen LogP contribution in [-0.4, -0.2) is 22.8 Å². The zero-order chi connectivity index (χ0) is 20.9. The van der Waals surface area contributed by atoms with E-state index < -0.39 is 6.04 Å². The van der Waals surface area contributed by atoms with Crippen molar-refractivity contribution in [2.75, 3.05) is 0 Å². The molecule has 0 radical (unpaired) electrons. The average Bonchev–Trinajstić information content (AvgIpc) is 3.51. The van der Waals surface area contributed by atoms with Crippen molar-refractivity contribution in [2.24, 2.45) is 0 Å². The van der Waals surface area contributed by atoms with E-state index in [0.717, 1.165) is 36.3 Å². The number of aryl methyl sites for hydroxylation is 1. The monoisotopic (exact) mass is 442 g/mol. The predicted molar refractivity (Wildman–Crippen MR) is 120 cm³/mol. The zero-order valence-corrected chi connectivity index (χ0v) is 18.6. The lowest BCUT2D eigenvalue weighted by molar-refractivity contribution is -0.127. The molecule has 0 saturated heterocycles. The Morgan fingerprint density at radius 3 is 2.50 bits per heavy atom. The van der Waals surface area contributed by atoms with Crippen LogP contribution in [0.4, 0.5) is 0 Å². The summed E-state index contributed by atoms with van der Waals surface area (Å²) in [4.78, 5) is 30.3. The van der Waals surface area contributed by atoms with E-state index in [4.69, 9.17) is 4.42 Å². The largest absolute Gasteiger partial charge is 0.464 e. The Morgan fingerprint density at radius 2 is 1.87 bits per heavy atom. The van der Waals surface area contributed by atoms with Gasteiger partial charge in [-0.3, -0.25) is 9.59 Å². The SMILES string of the molecule is Cc1ccc(C(C(=O)NC2CCCCC2)N(Cc2cccs2)C(=O)c2cccs2)o1. The number of furan rings is 1. The lowest BCUT2D eigenvalue weighted by Crippen LogP contribution is -2.46. The Morgan fingerprint density at radius 1 is 1.10 bits per heavy atom. The molecule has 1 atom stereocenters. The molecule has 3 aromatic heterocycles. The Balaban J connectivity index is 1.68. The van der Waals surface area contributed by atoms with Gasteiger partial charge in [-0.2, -0.15) is 0 Å². The predicted octanol–water partition coefficient (Wildman–Crippen LogP) is 5.54. The fourth-order valence-electron chi connectivity index (χ4n) is 3.94. The van der Waals surface area contributed by atoms with Gasteiger partial charge in [0.25, 0.3) is 11.8 Å². The molecule has 1 fully saturated rings. The summed E-state index contributed by atoms with van der Waals surface area (Å²) >= 11 is 2.97. The van der Waals surface area contributed by atoms with E-state index in [1.165, 1.54) is 17.8 Å². The molecule has 0 aromatic carbocycles. The molecule has 5 nitrogen and oxygen atoms in total. The van der Waals surface area contributed by atoms with Crippen LogP contribution in [0.3, 0.4) is 0 Å². The van der Waals surface area contributed by atoms with Gasteiger partial charge < -0.3 is 14.6 Å². The van der Waals surface area contributed by atoms with E-state index in [2.05, 4.69) is 5.32 Å². The Kier molecular flexibility index (Phi) is 6.69. The summed E-state index contributed by atoms with van der Waals surface area (Å²) in [5.74, 6) is 0.899. The van der Waals surface area contributed by atoms with Gasteiger partial charge in [-0.1, -0.05) is 31.4 Å². The molecular weight excluding hydrogens is 416 g/mol. The van der Waals surface area contributed by atoms with Crippen LogP contribution in [0, 0.1) is 6.92 Å². The van der Waals surface area contributed by atoms with E-state index in [-0.39, 0.29) is 17.9 Å². The minimum Gasteiger partial charge on any atom is -0.464 e. The molecule has 1 N–H and O–H groups in total. The Hall–Kier alpha value is -2.38. The van der Waals surface area contributed by atoms with Crippen molar-refractivity contribution in [1.29, 1.82) is 0 Å². The molecule has 158 valence electrons. The number of nitrogens with zero attached hydrogens (tertiary/aromatic N) is 1. The number of nitrogens with one attached hydrogen (secondary N) is 1. The van der Waals surface area contributed by atoms with Gasteiger partial charge >= 0.3 is 0 Å². The summed E-state index contributed by atoms with van der Waals surface area (Å²) < 4.78 is 5.88. The minimum absolute atomic E-state index is 0.156. The minimum atomic E-state index is -0.808. The fraction of sp³-hybridized carbons (Fsp3) is 0.391. The summed E-state index contributed by atoms with van der Waals surface area (Å²) in [6, 6.07) is 10.6. The van der Waals surface area contributed by atoms with Crippen molar-refractivity contribution >= 4 is 34.5 Å². The number of carbonyl (C=O) groups excluding carboxylic acids is 2. The first kappa shape index (κ1) is 20.9. The molecule has 3 aromatic rings. The molecule has 0 spiro atoms. The van der Waals surface area contributed by atoms with E-state index >= 15 is 0 Å². The van der Waals surface area contributed by atoms with Gasteiger partial charge in [-0.15, -0.1) is 22.7 Å². The topological polar surface area (TPSA) is 62.6 Å². The second-order valence-corrected chi connectivity index (χ2v) is 9.66. The normalized spacial score (nSPS) is 15.6. The molecule has 0 aliphatic heterocycles. The van der Waals surface area contributed by atoms with Gasteiger partial charge in [-0.05, 0) is 54.8 Å². The summed E-state index contributed by atoms with van der Waals surface area (Å²) in [5.41, 5.74) is 0. The van der Waals surface area contributed by atoms with Crippen LogP contribution in [0.25, 0.3) is 0 Å². The van der Waals surface area contributed by atoms with Crippen molar-refractivity contribution in [2.45, 2.75) is 57.7 Å².